The van der Waals surface area contributed by atoms with E-state index < -0.39 is 24.2 Å². The van der Waals surface area contributed by atoms with Crippen LogP contribution in [0.4, 0.5) is 18.9 Å². The second kappa shape index (κ2) is 8.69. The first-order valence-corrected chi connectivity index (χ1v) is 9.60. The van der Waals surface area contributed by atoms with Crippen molar-refractivity contribution in [2.24, 2.45) is 0 Å². The predicted octanol–water partition coefficient (Wildman–Crippen LogP) is 3.92. The number of benzene rings is 1. The standard InChI is InChI=1S/C22H17F3N4O4/c1-32-17-5-3-2-4-16(17)29-9-8-15-19(21(29)31)14(11-26-15)20(30)28-13-6-7-18(27-10-13)33-12-22(23,24)25/h2-11,26H,12H2,1H3,(H,28,30). The lowest BCUT2D eigenvalue weighted by Gasteiger charge is -2.11. The minimum atomic E-state index is -4.49. The van der Waals surface area contributed by atoms with Crippen LogP contribution in [-0.2, 0) is 0 Å². The fourth-order valence-corrected chi connectivity index (χ4v) is 3.23. The number of nitrogens with one attached hydrogen (secondary N) is 2. The number of hydrogen-bond acceptors (Lipinski definition) is 5. The molecule has 170 valence electrons. The molecule has 0 fully saturated rings. The molecule has 0 saturated heterocycles. The molecule has 0 saturated carbocycles. The van der Waals surface area contributed by atoms with Gasteiger partial charge in [0.15, 0.2) is 6.61 Å². The molecule has 8 nitrogen and oxygen atoms in total. The van der Waals surface area contributed by atoms with Crippen molar-refractivity contribution in [3.63, 3.8) is 0 Å². The summed E-state index contributed by atoms with van der Waals surface area (Å²) in [5, 5.41) is 2.74. The molecule has 4 rings (SSSR count). The van der Waals surface area contributed by atoms with Gasteiger partial charge in [-0.15, -0.1) is 0 Å². The number of aromatic amines is 1. The van der Waals surface area contributed by atoms with Gasteiger partial charge in [0.05, 0.1) is 41.1 Å². The summed E-state index contributed by atoms with van der Waals surface area (Å²) in [6.45, 7) is -1.47. The van der Waals surface area contributed by atoms with Crippen molar-refractivity contribution >= 4 is 22.5 Å². The SMILES string of the molecule is COc1ccccc1-n1ccc2[nH]cc(C(=O)Nc3ccc(OCC(F)(F)F)nc3)c2c1=O. The highest BCUT2D eigenvalue weighted by Crippen LogP contribution is 2.23. The molecule has 0 aliphatic heterocycles. The molecule has 1 amide bonds. The number of anilines is 1. The number of aromatic nitrogens is 3. The lowest BCUT2D eigenvalue weighted by atomic mass is 10.2. The number of fused-ring (bicyclic) bond motifs is 1. The van der Waals surface area contributed by atoms with E-state index in [9.17, 15) is 22.8 Å². The molecule has 0 atom stereocenters. The van der Waals surface area contributed by atoms with Gasteiger partial charge in [-0.05, 0) is 24.3 Å². The van der Waals surface area contributed by atoms with Crippen LogP contribution in [-0.4, -0.2) is 40.3 Å². The zero-order valence-corrected chi connectivity index (χ0v) is 17.1. The molecule has 2 N–H and O–H groups in total. The molecule has 4 aromatic rings. The van der Waals surface area contributed by atoms with Gasteiger partial charge in [0.2, 0.25) is 5.88 Å². The van der Waals surface area contributed by atoms with Crippen molar-refractivity contribution in [3.8, 4) is 17.3 Å². The molecule has 0 spiro atoms. The molecular formula is C22H17F3N4O4. The number of pyridine rings is 2. The summed E-state index contributed by atoms with van der Waals surface area (Å²) in [4.78, 5) is 32.7. The van der Waals surface area contributed by atoms with Crippen LogP contribution in [0.15, 0.2) is 65.8 Å². The van der Waals surface area contributed by atoms with Gasteiger partial charge in [0.25, 0.3) is 11.5 Å². The van der Waals surface area contributed by atoms with Crippen LogP contribution in [0.5, 0.6) is 11.6 Å². The predicted molar refractivity (Wildman–Crippen MR) is 114 cm³/mol. The Morgan fingerprint density at radius 3 is 2.67 bits per heavy atom. The van der Waals surface area contributed by atoms with Crippen LogP contribution >= 0.6 is 0 Å². The average molecular weight is 458 g/mol. The zero-order valence-electron chi connectivity index (χ0n) is 17.1. The maximum absolute atomic E-state index is 13.2. The first kappa shape index (κ1) is 21.9. The van der Waals surface area contributed by atoms with Gasteiger partial charge in [0.1, 0.15) is 5.75 Å². The topological polar surface area (TPSA) is 98.2 Å². The number of alkyl halides is 3. The van der Waals surface area contributed by atoms with Crippen LogP contribution in [0.3, 0.4) is 0 Å². The normalized spacial score (nSPS) is 11.4. The maximum atomic E-state index is 13.2. The second-order valence-corrected chi connectivity index (χ2v) is 6.90. The molecule has 0 aliphatic rings. The highest BCUT2D eigenvalue weighted by Gasteiger charge is 2.28. The number of carbonyl (C=O) groups excluding carboxylic acids is 1. The van der Waals surface area contributed by atoms with Gasteiger partial charge in [-0.1, -0.05) is 12.1 Å². The molecule has 3 heterocycles. The van der Waals surface area contributed by atoms with Crippen molar-refractivity contribution in [1.29, 1.82) is 0 Å². The summed E-state index contributed by atoms with van der Waals surface area (Å²) in [6, 6.07) is 11.2. The molecule has 3 aromatic heterocycles. The highest BCUT2D eigenvalue weighted by atomic mass is 19.4. The number of methoxy groups -OCH3 is 1. The van der Waals surface area contributed by atoms with E-state index in [4.69, 9.17) is 4.74 Å². The molecule has 1 aromatic carbocycles. The minimum absolute atomic E-state index is 0.0941. The number of H-pyrrole nitrogens is 1. The van der Waals surface area contributed by atoms with Gasteiger partial charge < -0.3 is 19.8 Å². The third-order valence-electron chi connectivity index (χ3n) is 4.70. The molecule has 33 heavy (non-hydrogen) atoms. The highest BCUT2D eigenvalue weighted by molar-refractivity contribution is 6.12. The van der Waals surface area contributed by atoms with E-state index in [2.05, 4.69) is 20.0 Å². The Hall–Kier alpha value is -4.28. The second-order valence-electron chi connectivity index (χ2n) is 6.90. The molecule has 0 radical (unpaired) electrons. The van der Waals surface area contributed by atoms with Crippen LogP contribution in [0.1, 0.15) is 10.4 Å². The number of carbonyl (C=O) groups is 1. The van der Waals surface area contributed by atoms with Crippen molar-refractivity contribution in [3.05, 3.63) is 77.0 Å². The van der Waals surface area contributed by atoms with Crippen LogP contribution in [0.25, 0.3) is 16.6 Å². The summed E-state index contributed by atoms with van der Waals surface area (Å²) in [5.41, 5.74) is 0.854. The fourth-order valence-electron chi connectivity index (χ4n) is 3.23. The Bertz CT molecular complexity index is 1360. The van der Waals surface area contributed by atoms with Gasteiger partial charge in [-0.3, -0.25) is 14.2 Å². The number of rotatable bonds is 6. The lowest BCUT2D eigenvalue weighted by Crippen LogP contribution is -2.21. The third-order valence-corrected chi connectivity index (χ3v) is 4.70. The summed E-state index contributed by atoms with van der Waals surface area (Å²) < 4.78 is 48.0. The fraction of sp³-hybridized carbons (Fsp3) is 0.136. The first-order chi connectivity index (χ1) is 15.8. The Morgan fingerprint density at radius 1 is 1.18 bits per heavy atom. The first-order valence-electron chi connectivity index (χ1n) is 9.60. The van der Waals surface area contributed by atoms with Crippen LogP contribution < -0.4 is 20.3 Å². The van der Waals surface area contributed by atoms with E-state index in [0.717, 1.165) is 6.20 Å². The number of hydrogen-bond donors (Lipinski definition) is 2. The summed E-state index contributed by atoms with van der Waals surface area (Å²) in [5.74, 6) is -0.349. The molecule has 0 unspecified atom stereocenters. The summed E-state index contributed by atoms with van der Waals surface area (Å²) >= 11 is 0. The van der Waals surface area contributed by atoms with E-state index in [1.165, 1.54) is 30.0 Å². The van der Waals surface area contributed by atoms with Gasteiger partial charge in [-0.25, -0.2) is 4.98 Å². The van der Waals surface area contributed by atoms with Crippen LogP contribution in [0.2, 0.25) is 0 Å². The molecular weight excluding hydrogens is 441 g/mol. The van der Waals surface area contributed by atoms with Crippen LogP contribution in [0, 0.1) is 0 Å². The Kier molecular flexibility index (Phi) is 5.78. The Morgan fingerprint density at radius 2 is 1.97 bits per heavy atom. The number of nitrogens with zero attached hydrogens (tertiary/aromatic N) is 2. The van der Waals surface area contributed by atoms with Crippen molar-refractivity contribution in [2.75, 3.05) is 19.0 Å². The van der Waals surface area contributed by atoms with Gasteiger partial charge in [0, 0.05) is 18.5 Å². The summed E-state index contributed by atoms with van der Waals surface area (Å²) in [6.07, 6.45) is -0.349. The van der Waals surface area contributed by atoms with E-state index in [-0.39, 0.29) is 22.5 Å². The molecule has 11 heteroatoms. The zero-order chi connectivity index (χ0) is 23.6. The van der Waals surface area contributed by atoms with E-state index in [1.807, 2.05) is 0 Å². The van der Waals surface area contributed by atoms with E-state index >= 15 is 0 Å². The minimum Gasteiger partial charge on any atom is -0.495 e. The number of para-hydroxylation sites is 2. The monoisotopic (exact) mass is 458 g/mol. The van der Waals surface area contributed by atoms with E-state index in [1.54, 1.807) is 36.5 Å². The molecule has 0 bridgehead atoms. The van der Waals surface area contributed by atoms with Crippen molar-refractivity contribution < 1.29 is 27.4 Å². The quantitative estimate of drug-likeness (QED) is 0.457. The molecule has 0 aliphatic carbocycles. The Labute approximate surface area is 184 Å². The Balaban J connectivity index is 1.61. The number of halogens is 3. The number of amides is 1. The van der Waals surface area contributed by atoms with E-state index in [0.29, 0.717) is 17.0 Å². The summed E-state index contributed by atoms with van der Waals surface area (Å²) in [7, 11) is 1.49. The number of ether oxygens (including phenoxy) is 2. The van der Waals surface area contributed by atoms with Crippen molar-refractivity contribution in [2.45, 2.75) is 6.18 Å². The smallest absolute Gasteiger partial charge is 0.422 e. The van der Waals surface area contributed by atoms with Gasteiger partial charge in [-0.2, -0.15) is 13.2 Å². The maximum Gasteiger partial charge on any atom is 0.422 e. The third kappa shape index (κ3) is 4.66. The largest absolute Gasteiger partial charge is 0.495 e. The van der Waals surface area contributed by atoms with Gasteiger partial charge >= 0.3 is 6.18 Å². The average Bonchev–Trinajstić information content (AvgIpc) is 3.24. The lowest BCUT2D eigenvalue weighted by molar-refractivity contribution is -0.154. The van der Waals surface area contributed by atoms with Crippen molar-refractivity contribution in [1.82, 2.24) is 14.5 Å².